The van der Waals surface area contributed by atoms with Crippen molar-refractivity contribution in [2.24, 2.45) is 0 Å². The van der Waals surface area contributed by atoms with Gasteiger partial charge >= 0.3 is 0 Å². The number of methoxy groups -OCH3 is 2. The second-order valence-corrected chi connectivity index (χ2v) is 3.87. The fourth-order valence-electron chi connectivity index (χ4n) is 1.58. The van der Waals surface area contributed by atoms with Gasteiger partial charge in [0.2, 0.25) is 5.88 Å². The molecule has 1 heterocycles. The summed E-state index contributed by atoms with van der Waals surface area (Å²) >= 11 is 5.98. The zero-order valence-electron chi connectivity index (χ0n) is 9.61. The van der Waals surface area contributed by atoms with Crippen LogP contribution in [0.25, 0.3) is 11.1 Å². The Bertz CT molecular complexity index is 529. The van der Waals surface area contributed by atoms with E-state index in [1.807, 2.05) is 30.3 Å². The standard InChI is InChI=1S/C13H12ClNO2/c1-16-12-8-15-13(17-2)7-11(12)9-4-3-5-10(14)6-9/h3-8H,1-2H3. The molecule has 1 aromatic carbocycles. The van der Waals surface area contributed by atoms with E-state index in [1.54, 1.807) is 20.4 Å². The van der Waals surface area contributed by atoms with Crippen molar-refractivity contribution in [3.63, 3.8) is 0 Å². The highest BCUT2D eigenvalue weighted by atomic mass is 35.5. The van der Waals surface area contributed by atoms with Crippen molar-refractivity contribution in [2.45, 2.75) is 0 Å². The quantitative estimate of drug-likeness (QED) is 0.835. The number of aromatic nitrogens is 1. The zero-order chi connectivity index (χ0) is 12.3. The highest BCUT2D eigenvalue weighted by Crippen LogP contribution is 2.32. The number of halogens is 1. The predicted octanol–water partition coefficient (Wildman–Crippen LogP) is 3.42. The van der Waals surface area contributed by atoms with Gasteiger partial charge in [0.05, 0.1) is 20.4 Å². The monoisotopic (exact) mass is 249 g/mol. The summed E-state index contributed by atoms with van der Waals surface area (Å²) in [6.45, 7) is 0. The fraction of sp³-hybridized carbons (Fsp3) is 0.154. The molecule has 0 unspecified atom stereocenters. The van der Waals surface area contributed by atoms with E-state index >= 15 is 0 Å². The molecule has 0 aliphatic carbocycles. The first-order valence-corrected chi connectivity index (χ1v) is 5.46. The average molecular weight is 250 g/mol. The Morgan fingerprint density at radius 2 is 1.94 bits per heavy atom. The maximum Gasteiger partial charge on any atom is 0.213 e. The third-order valence-electron chi connectivity index (χ3n) is 2.41. The summed E-state index contributed by atoms with van der Waals surface area (Å²) in [4.78, 5) is 4.10. The van der Waals surface area contributed by atoms with Crippen LogP contribution < -0.4 is 9.47 Å². The molecule has 17 heavy (non-hydrogen) atoms. The highest BCUT2D eigenvalue weighted by molar-refractivity contribution is 6.30. The molecule has 2 aromatic rings. The summed E-state index contributed by atoms with van der Waals surface area (Å²) < 4.78 is 10.4. The number of ether oxygens (including phenoxy) is 2. The van der Waals surface area contributed by atoms with Gasteiger partial charge in [-0.05, 0) is 17.7 Å². The number of nitrogens with zero attached hydrogens (tertiary/aromatic N) is 1. The van der Waals surface area contributed by atoms with Crippen LogP contribution in [0.1, 0.15) is 0 Å². The Balaban J connectivity index is 2.56. The molecule has 0 amide bonds. The molecule has 0 atom stereocenters. The van der Waals surface area contributed by atoms with Gasteiger partial charge in [-0.2, -0.15) is 0 Å². The molecule has 1 aromatic heterocycles. The molecule has 88 valence electrons. The minimum Gasteiger partial charge on any atom is -0.494 e. The van der Waals surface area contributed by atoms with Crippen molar-refractivity contribution in [1.29, 1.82) is 0 Å². The molecule has 2 rings (SSSR count). The van der Waals surface area contributed by atoms with E-state index in [4.69, 9.17) is 21.1 Å². The number of hydrogen-bond acceptors (Lipinski definition) is 3. The minimum atomic E-state index is 0.542. The molecule has 0 N–H and O–H groups in total. The van der Waals surface area contributed by atoms with Crippen LogP contribution in [-0.2, 0) is 0 Å². The Morgan fingerprint density at radius 1 is 1.12 bits per heavy atom. The Hall–Kier alpha value is -1.74. The maximum absolute atomic E-state index is 5.98. The molecule has 0 saturated heterocycles. The number of hydrogen-bond donors (Lipinski definition) is 0. The molecule has 4 heteroatoms. The van der Waals surface area contributed by atoms with Crippen molar-refractivity contribution < 1.29 is 9.47 Å². The van der Waals surface area contributed by atoms with Gasteiger partial charge in [0.1, 0.15) is 5.75 Å². The lowest BCUT2D eigenvalue weighted by Gasteiger charge is -2.09. The van der Waals surface area contributed by atoms with Gasteiger partial charge in [0, 0.05) is 16.7 Å². The first-order chi connectivity index (χ1) is 8.24. The maximum atomic E-state index is 5.98. The molecule has 0 spiro atoms. The Kier molecular flexibility index (Phi) is 3.49. The normalized spacial score (nSPS) is 10.1. The summed E-state index contributed by atoms with van der Waals surface area (Å²) in [5, 5.41) is 0.681. The van der Waals surface area contributed by atoms with Crippen LogP contribution in [0.15, 0.2) is 36.5 Å². The highest BCUT2D eigenvalue weighted by Gasteiger charge is 2.08. The smallest absolute Gasteiger partial charge is 0.213 e. The van der Waals surface area contributed by atoms with Crippen LogP contribution in [0.5, 0.6) is 11.6 Å². The molecule has 0 fully saturated rings. The van der Waals surface area contributed by atoms with Crippen LogP contribution in [0, 0.1) is 0 Å². The summed E-state index contributed by atoms with van der Waals surface area (Å²) in [6.07, 6.45) is 1.63. The van der Waals surface area contributed by atoms with Gasteiger partial charge in [0.15, 0.2) is 0 Å². The molecule has 0 aliphatic rings. The van der Waals surface area contributed by atoms with E-state index in [0.29, 0.717) is 16.7 Å². The largest absolute Gasteiger partial charge is 0.494 e. The van der Waals surface area contributed by atoms with Crippen LogP contribution in [0.4, 0.5) is 0 Å². The van der Waals surface area contributed by atoms with Gasteiger partial charge in [-0.15, -0.1) is 0 Å². The number of benzene rings is 1. The molecule has 0 aliphatic heterocycles. The van der Waals surface area contributed by atoms with Crippen LogP contribution >= 0.6 is 11.6 Å². The van der Waals surface area contributed by atoms with Crippen molar-refractivity contribution in [3.8, 4) is 22.8 Å². The molecular formula is C13H12ClNO2. The summed E-state index contributed by atoms with van der Waals surface area (Å²) in [6, 6.07) is 9.38. The minimum absolute atomic E-state index is 0.542. The van der Waals surface area contributed by atoms with E-state index < -0.39 is 0 Å². The van der Waals surface area contributed by atoms with E-state index in [9.17, 15) is 0 Å². The topological polar surface area (TPSA) is 31.4 Å². The van der Waals surface area contributed by atoms with Crippen LogP contribution in [-0.4, -0.2) is 19.2 Å². The first-order valence-electron chi connectivity index (χ1n) is 5.08. The number of rotatable bonds is 3. The van der Waals surface area contributed by atoms with Crippen molar-refractivity contribution in [2.75, 3.05) is 14.2 Å². The molecule has 3 nitrogen and oxygen atoms in total. The van der Waals surface area contributed by atoms with Crippen molar-refractivity contribution in [3.05, 3.63) is 41.6 Å². The summed E-state index contributed by atoms with van der Waals surface area (Å²) in [5.41, 5.74) is 1.87. The summed E-state index contributed by atoms with van der Waals surface area (Å²) in [5.74, 6) is 1.23. The third kappa shape index (κ3) is 2.50. The fourth-order valence-corrected chi connectivity index (χ4v) is 1.77. The lowest BCUT2D eigenvalue weighted by molar-refractivity contribution is 0.388. The van der Waals surface area contributed by atoms with Crippen molar-refractivity contribution in [1.82, 2.24) is 4.98 Å². The first kappa shape index (κ1) is 11.7. The Labute approximate surface area is 105 Å². The lowest BCUT2D eigenvalue weighted by Crippen LogP contribution is -1.93. The van der Waals surface area contributed by atoms with Gasteiger partial charge in [0.25, 0.3) is 0 Å². The van der Waals surface area contributed by atoms with E-state index in [2.05, 4.69) is 4.98 Å². The third-order valence-corrected chi connectivity index (χ3v) is 2.64. The second-order valence-electron chi connectivity index (χ2n) is 3.44. The second kappa shape index (κ2) is 5.06. The van der Waals surface area contributed by atoms with Gasteiger partial charge in [-0.1, -0.05) is 23.7 Å². The zero-order valence-corrected chi connectivity index (χ0v) is 10.4. The van der Waals surface area contributed by atoms with Gasteiger partial charge in [-0.25, -0.2) is 4.98 Å². The van der Waals surface area contributed by atoms with Crippen LogP contribution in [0.2, 0.25) is 5.02 Å². The SMILES string of the molecule is COc1cc(-c2cccc(Cl)c2)c(OC)cn1. The molecule has 0 saturated carbocycles. The van der Waals surface area contributed by atoms with Gasteiger partial charge < -0.3 is 9.47 Å². The molecule has 0 radical (unpaired) electrons. The molecular weight excluding hydrogens is 238 g/mol. The van der Waals surface area contributed by atoms with E-state index in [1.165, 1.54) is 0 Å². The average Bonchev–Trinajstić information content (AvgIpc) is 2.38. The number of pyridine rings is 1. The van der Waals surface area contributed by atoms with Crippen molar-refractivity contribution >= 4 is 11.6 Å². The van der Waals surface area contributed by atoms with E-state index in [0.717, 1.165) is 11.1 Å². The lowest BCUT2D eigenvalue weighted by atomic mass is 10.1. The van der Waals surface area contributed by atoms with Gasteiger partial charge in [-0.3, -0.25) is 0 Å². The Morgan fingerprint density at radius 3 is 2.59 bits per heavy atom. The molecule has 0 bridgehead atoms. The predicted molar refractivity (Wildman–Crippen MR) is 67.8 cm³/mol. The summed E-state index contributed by atoms with van der Waals surface area (Å²) in [7, 11) is 3.19. The van der Waals surface area contributed by atoms with Crippen LogP contribution in [0.3, 0.4) is 0 Å². The van der Waals surface area contributed by atoms with E-state index in [-0.39, 0.29) is 0 Å².